The van der Waals surface area contributed by atoms with Crippen molar-refractivity contribution in [3.63, 3.8) is 0 Å². The Hall–Kier alpha value is -2.97. The second-order valence-electron chi connectivity index (χ2n) is 7.33. The van der Waals surface area contributed by atoms with Crippen LogP contribution in [0.4, 0.5) is 0 Å². The topological polar surface area (TPSA) is 118 Å². The lowest BCUT2D eigenvalue weighted by atomic mass is 9.95. The Labute approximate surface area is 163 Å². The maximum Gasteiger partial charge on any atom is 0.356 e. The van der Waals surface area contributed by atoms with E-state index in [1.807, 2.05) is 0 Å². The summed E-state index contributed by atoms with van der Waals surface area (Å²) in [5.41, 5.74) is -2.10. The van der Waals surface area contributed by atoms with Gasteiger partial charge in [0.2, 0.25) is 0 Å². The molecule has 0 aliphatic heterocycles. The van der Waals surface area contributed by atoms with E-state index < -0.39 is 34.7 Å². The van der Waals surface area contributed by atoms with Crippen LogP contribution in [0, 0.1) is 10.8 Å². The van der Waals surface area contributed by atoms with E-state index in [4.69, 9.17) is 9.47 Å². The zero-order valence-corrected chi connectivity index (χ0v) is 16.9. The number of methoxy groups -OCH3 is 2. The molecule has 9 heteroatoms. The van der Waals surface area contributed by atoms with Gasteiger partial charge in [0, 0.05) is 6.20 Å². The van der Waals surface area contributed by atoms with Crippen molar-refractivity contribution in [2.75, 3.05) is 27.4 Å². The third-order valence-corrected chi connectivity index (χ3v) is 3.81. The summed E-state index contributed by atoms with van der Waals surface area (Å²) in [6.07, 6.45) is 1.25. The number of aromatic nitrogens is 1. The molecule has 0 fully saturated rings. The number of carbonyl (C=O) groups excluding carboxylic acids is 4. The van der Waals surface area contributed by atoms with Gasteiger partial charge in [-0.1, -0.05) is 0 Å². The highest BCUT2D eigenvalue weighted by atomic mass is 16.6. The summed E-state index contributed by atoms with van der Waals surface area (Å²) in [6.45, 7) is 5.86. The van der Waals surface area contributed by atoms with Crippen LogP contribution >= 0.6 is 0 Å². The SMILES string of the molecule is COC(=O)C(C)(C)COC(=O)c1ccnc(C(=O)OCC(C)(C)C(=O)OC)c1. The fraction of sp³-hybridized carbons (Fsp3) is 0.526. The fourth-order valence-corrected chi connectivity index (χ4v) is 1.99. The monoisotopic (exact) mass is 395 g/mol. The standard InChI is InChI=1S/C19H25NO8/c1-18(2,16(23)25-5)10-27-14(21)12-7-8-20-13(9-12)15(22)28-11-19(3,4)17(24)26-6/h7-9H,10-11H2,1-6H3. The molecule has 0 saturated carbocycles. The van der Waals surface area contributed by atoms with E-state index in [9.17, 15) is 19.2 Å². The molecule has 0 amide bonds. The molecule has 1 aromatic rings. The Morgan fingerprint density at radius 1 is 0.857 bits per heavy atom. The highest BCUT2D eigenvalue weighted by molar-refractivity contribution is 5.94. The molecule has 28 heavy (non-hydrogen) atoms. The van der Waals surface area contributed by atoms with Crippen molar-refractivity contribution in [2.45, 2.75) is 27.7 Å². The summed E-state index contributed by atoms with van der Waals surface area (Å²) >= 11 is 0. The van der Waals surface area contributed by atoms with Gasteiger partial charge >= 0.3 is 23.9 Å². The fourth-order valence-electron chi connectivity index (χ4n) is 1.99. The largest absolute Gasteiger partial charge is 0.469 e. The molecule has 0 aromatic carbocycles. The van der Waals surface area contributed by atoms with E-state index in [0.29, 0.717) is 0 Å². The van der Waals surface area contributed by atoms with Gasteiger partial charge in [-0.25, -0.2) is 14.6 Å². The number of hydrogen-bond acceptors (Lipinski definition) is 9. The summed E-state index contributed by atoms with van der Waals surface area (Å²) in [5, 5.41) is 0. The molecule has 154 valence electrons. The lowest BCUT2D eigenvalue weighted by molar-refractivity contribution is -0.153. The first-order valence-corrected chi connectivity index (χ1v) is 8.42. The first-order valence-electron chi connectivity index (χ1n) is 8.42. The third-order valence-electron chi connectivity index (χ3n) is 3.81. The second-order valence-corrected chi connectivity index (χ2v) is 7.33. The first kappa shape index (κ1) is 23.1. The van der Waals surface area contributed by atoms with E-state index in [-0.39, 0.29) is 24.5 Å². The van der Waals surface area contributed by atoms with Gasteiger partial charge in [0.1, 0.15) is 18.9 Å². The van der Waals surface area contributed by atoms with Crippen LogP contribution in [0.15, 0.2) is 18.3 Å². The normalized spacial score (nSPS) is 11.4. The predicted octanol–water partition coefficient (Wildman–Crippen LogP) is 1.79. The zero-order valence-electron chi connectivity index (χ0n) is 16.9. The van der Waals surface area contributed by atoms with Crippen molar-refractivity contribution in [1.82, 2.24) is 4.98 Å². The van der Waals surface area contributed by atoms with Gasteiger partial charge in [-0.15, -0.1) is 0 Å². The average Bonchev–Trinajstić information content (AvgIpc) is 2.68. The van der Waals surface area contributed by atoms with Crippen LogP contribution in [0.3, 0.4) is 0 Å². The summed E-state index contributed by atoms with van der Waals surface area (Å²) in [6, 6.07) is 2.57. The van der Waals surface area contributed by atoms with Crippen molar-refractivity contribution in [2.24, 2.45) is 10.8 Å². The van der Waals surface area contributed by atoms with Gasteiger partial charge in [0.15, 0.2) is 0 Å². The molecular weight excluding hydrogens is 370 g/mol. The van der Waals surface area contributed by atoms with E-state index in [0.717, 1.165) is 0 Å². The van der Waals surface area contributed by atoms with Crippen molar-refractivity contribution >= 4 is 23.9 Å². The Kier molecular flexibility index (Phi) is 7.66. The summed E-state index contributed by atoms with van der Waals surface area (Å²) in [4.78, 5) is 51.5. The highest BCUT2D eigenvalue weighted by Gasteiger charge is 2.32. The quantitative estimate of drug-likeness (QED) is 0.479. The zero-order chi connectivity index (χ0) is 21.5. The predicted molar refractivity (Wildman–Crippen MR) is 96.4 cm³/mol. The summed E-state index contributed by atoms with van der Waals surface area (Å²) < 4.78 is 19.5. The van der Waals surface area contributed by atoms with Gasteiger partial charge in [-0.05, 0) is 39.8 Å². The number of ether oxygens (including phenoxy) is 4. The van der Waals surface area contributed by atoms with Crippen molar-refractivity contribution in [3.05, 3.63) is 29.6 Å². The van der Waals surface area contributed by atoms with E-state index in [1.54, 1.807) is 27.7 Å². The van der Waals surface area contributed by atoms with Crippen molar-refractivity contribution in [3.8, 4) is 0 Å². The minimum Gasteiger partial charge on any atom is -0.469 e. The maximum atomic E-state index is 12.2. The number of pyridine rings is 1. The van der Waals surface area contributed by atoms with Crippen molar-refractivity contribution < 1.29 is 38.1 Å². The van der Waals surface area contributed by atoms with Crippen LogP contribution in [-0.4, -0.2) is 56.3 Å². The van der Waals surface area contributed by atoms with Gasteiger partial charge in [-0.3, -0.25) is 9.59 Å². The molecule has 0 aliphatic rings. The molecule has 0 atom stereocenters. The molecule has 0 aliphatic carbocycles. The molecule has 0 saturated heterocycles. The van der Waals surface area contributed by atoms with Gasteiger partial charge in [0.05, 0.1) is 30.6 Å². The molecule has 0 bridgehead atoms. The van der Waals surface area contributed by atoms with Crippen LogP contribution in [0.2, 0.25) is 0 Å². The second kappa shape index (κ2) is 9.29. The van der Waals surface area contributed by atoms with Crippen LogP contribution in [0.25, 0.3) is 0 Å². The molecule has 1 rings (SSSR count). The van der Waals surface area contributed by atoms with E-state index in [1.165, 1.54) is 32.5 Å². The Morgan fingerprint density at radius 3 is 1.79 bits per heavy atom. The molecule has 0 N–H and O–H groups in total. The third kappa shape index (κ3) is 6.04. The molecule has 9 nitrogen and oxygen atoms in total. The van der Waals surface area contributed by atoms with Gasteiger partial charge in [0.25, 0.3) is 0 Å². The van der Waals surface area contributed by atoms with Crippen molar-refractivity contribution in [1.29, 1.82) is 0 Å². The molecule has 0 spiro atoms. The van der Waals surface area contributed by atoms with Gasteiger partial charge in [-0.2, -0.15) is 0 Å². The Bertz CT molecular complexity index is 695. The molecule has 0 radical (unpaired) electrons. The number of rotatable bonds is 8. The van der Waals surface area contributed by atoms with Crippen LogP contribution < -0.4 is 0 Å². The molecular formula is C19H25NO8. The average molecular weight is 395 g/mol. The molecule has 1 heterocycles. The lowest BCUT2D eigenvalue weighted by Crippen LogP contribution is -2.32. The molecule has 1 aromatic heterocycles. The highest BCUT2D eigenvalue weighted by Crippen LogP contribution is 2.20. The summed E-state index contributed by atoms with van der Waals surface area (Å²) in [7, 11) is 2.48. The van der Waals surface area contributed by atoms with Crippen LogP contribution in [0.5, 0.6) is 0 Å². The van der Waals surface area contributed by atoms with Crippen LogP contribution in [0.1, 0.15) is 48.5 Å². The Morgan fingerprint density at radius 2 is 1.32 bits per heavy atom. The number of hydrogen-bond donors (Lipinski definition) is 0. The number of carbonyl (C=O) groups is 4. The van der Waals surface area contributed by atoms with E-state index in [2.05, 4.69) is 14.5 Å². The van der Waals surface area contributed by atoms with Crippen LogP contribution in [-0.2, 0) is 28.5 Å². The molecule has 0 unspecified atom stereocenters. The van der Waals surface area contributed by atoms with Gasteiger partial charge < -0.3 is 18.9 Å². The summed E-state index contributed by atoms with van der Waals surface area (Å²) in [5.74, 6) is -2.59. The first-order chi connectivity index (χ1) is 12.9. The maximum absolute atomic E-state index is 12.2. The minimum absolute atomic E-state index is 0.0647. The lowest BCUT2D eigenvalue weighted by Gasteiger charge is -2.21. The number of esters is 4. The number of nitrogens with zero attached hydrogens (tertiary/aromatic N) is 1. The Balaban J connectivity index is 2.78. The minimum atomic E-state index is -1.03. The smallest absolute Gasteiger partial charge is 0.356 e. The van der Waals surface area contributed by atoms with E-state index >= 15 is 0 Å².